The van der Waals surface area contributed by atoms with Gasteiger partial charge in [0.15, 0.2) is 6.29 Å². The van der Waals surface area contributed by atoms with Crippen LogP contribution < -0.4 is 0 Å². The van der Waals surface area contributed by atoms with Crippen molar-refractivity contribution >= 4 is 39.3 Å². The Morgan fingerprint density at radius 2 is 2.23 bits per heavy atom. The number of thiophene rings is 1. The molecule has 0 fully saturated rings. The average molecular weight is 213 g/mol. The van der Waals surface area contributed by atoms with Gasteiger partial charge in [0, 0.05) is 16.3 Å². The standard InChI is InChI=1S/C9H5ClO2S/c10-6-4-13-9-7(12)2-1-5(3-11)8(6)9/h1-4,12H. The first-order valence-corrected chi connectivity index (χ1v) is 4.83. The molecule has 2 rings (SSSR count). The zero-order valence-corrected chi connectivity index (χ0v) is 8.02. The van der Waals surface area contributed by atoms with Gasteiger partial charge in [-0.25, -0.2) is 0 Å². The third kappa shape index (κ3) is 1.20. The van der Waals surface area contributed by atoms with Crippen molar-refractivity contribution in [2.45, 2.75) is 0 Å². The molecule has 1 N–H and O–H groups in total. The number of phenols is 1. The molecule has 2 aromatic rings. The lowest BCUT2D eigenvalue weighted by Gasteiger charge is -1.97. The van der Waals surface area contributed by atoms with Crippen molar-refractivity contribution in [1.29, 1.82) is 0 Å². The van der Waals surface area contributed by atoms with Gasteiger partial charge in [-0.15, -0.1) is 11.3 Å². The Bertz CT molecular complexity index is 476. The zero-order valence-electron chi connectivity index (χ0n) is 6.45. The Labute approximate surface area is 83.4 Å². The van der Waals surface area contributed by atoms with Crippen LogP contribution in [0.15, 0.2) is 17.5 Å². The molecule has 1 heterocycles. The maximum atomic E-state index is 10.6. The second-order valence-corrected chi connectivity index (χ2v) is 3.87. The molecule has 4 heteroatoms. The number of phenolic OH excluding ortho intramolecular Hbond substituents is 1. The molecule has 66 valence electrons. The highest BCUT2D eigenvalue weighted by Gasteiger charge is 2.09. The number of rotatable bonds is 1. The van der Waals surface area contributed by atoms with Crippen LogP contribution in [0.2, 0.25) is 5.02 Å². The zero-order chi connectivity index (χ0) is 9.42. The van der Waals surface area contributed by atoms with Crippen molar-refractivity contribution in [3.8, 4) is 5.75 Å². The lowest BCUT2D eigenvalue weighted by molar-refractivity contribution is 0.112. The van der Waals surface area contributed by atoms with Gasteiger partial charge in [-0.3, -0.25) is 4.79 Å². The number of hydrogen-bond donors (Lipinski definition) is 1. The molecular weight excluding hydrogens is 208 g/mol. The highest BCUT2D eigenvalue weighted by Crippen LogP contribution is 2.37. The molecule has 2 nitrogen and oxygen atoms in total. The van der Waals surface area contributed by atoms with E-state index >= 15 is 0 Å². The molecule has 1 aromatic carbocycles. The predicted octanol–water partition coefficient (Wildman–Crippen LogP) is 3.07. The molecule has 0 bridgehead atoms. The Morgan fingerprint density at radius 1 is 1.46 bits per heavy atom. The minimum atomic E-state index is 0.164. The Hall–Kier alpha value is -1.06. The second-order valence-electron chi connectivity index (χ2n) is 2.58. The molecule has 0 aliphatic carbocycles. The summed E-state index contributed by atoms with van der Waals surface area (Å²) in [5.41, 5.74) is 0.513. The Kier molecular flexibility index (Phi) is 1.98. The minimum Gasteiger partial charge on any atom is -0.506 e. The number of benzene rings is 1. The maximum Gasteiger partial charge on any atom is 0.150 e. The highest BCUT2D eigenvalue weighted by molar-refractivity contribution is 7.18. The highest BCUT2D eigenvalue weighted by atomic mass is 35.5. The summed E-state index contributed by atoms with van der Waals surface area (Å²) >= 11 is 7.20. The fourth-order valence-corrected chi connectivity index (χ4v) is 2.49. The first-order valence-electron chi connectivity index (χ1n) is 3.58. The van der Waals surface area contributed by atoms with Gasteiger partial charge < -0.3 is 5.11 Å². The van der Waals surface area contributed by atoms with E-state index in [-0.39, 0.29) is 5.75 Å². The van der Waals surface area contributed by atoms with Crippen LogP contribution in [0.1, 0.15) is 10.4 Å². The molecule has 0 radical (unpaired) electrons. The normalized spacial score (nSPS) is 10.5. The van der Waals surface area contributed by atoms with Gasteiger partial charge in [0.1, 0.15) is 5.75 Å². The van der Waals surface area contributed by atoms with E-state index in [2.05, 4.69) is 0 Å². The van der Waals surface area contributed by atoms with Gasteiger partial charge in [0.2, 0.25) is 0 Å². The molecule has 13 heavy (non-hydrogen) atoms. The van der Waals surface area contributed by atoms with Gasteiger partial charge in [0.05, 0.1) is 9.72 Å². The van der Waals surface area contributed by atoms with Gasteiger partial charge >= 0.3 is 0 Å². The summed E-state index contributed by atoms with van der Waals surface area (Å²) in [4.78, 5) is 10.6. The number of aromatic hydroxyl groups is 1. The fourth-order valence-electron chi connectivity index (χ4n) is 1.22. The predicted molar refractivity (Wildman–Crippen MR) is 53.9 cm³/mol. The van der Waals surface area contributed by atoms with E-state index in [9.17, 15) is 9.90 Å². The SMILES string of the molecule is O=Cc1ccc(O)c2scc(Cl)c12. The quantitative estimate of drug-likeness (QED) is 0.738. The number of hydrogen-bond acceptors (Lipinski definition) is 3. The number of carbonyl (C=O) groups excluding carboxylic acids is 1. The lowest BCUT2D eigenvalue weighted by Crippen LogP contribution is -1.80. The second kappa shape index (κ2) is 3.01. The summed E-state index contributed by atoms with van der Waals surface area (Å²) in [6.45, 7) is 0. The number of halogens is 1. The van der Waals surface area contributed by atoms with Crippen LogP contribution in [0.25, 0.3) is 10.1 Å². The van der Waals surface area contributed by atoms with Crippen LogP contribution in [0.5, 0.6) is 5.75 Å². The van der Waals surface area contributed by atoms with E-state index in [1.165, 1.54) is 17.4 Å². The topological polar surface area (TPSA) is 37.3 Å². The first-order chi connectivity index (χ1) is 6.24. The molecule has 0 saturated carbocycles. The van der Waals surface area contributed by atoms with Gasteiger partial charge in [-0.1, -0.05) is 11.6 Å². The van der Waals surface area contributed by atoms with Crippen molar-refractivity contribution in [2.75, 3.05) is 0 Å². The molecule has 0 saturated heterocycles. The molecular formula is C9H5ClO2S. The summed E-state index contributed by atoms with van der Waals surface area (Å²) in [6, 6.07) is 3.06. The summed E-state index contributed by atoms with van der Waals surface area (Å²) in [5, 5.41) is 12.3. The lowest BCUT2D eigenvalue weighted by atomic mass is 10.1. The van der Waals surface area contributed by atoms with Crippen LogP contribution in [0.4, 0.5) is 0 Å². The van der Waals surface area contributed by atoms with Crippen molar-refractivity contribution in [3.05, 3.63) is 28.1 Å². The fraction of sp³-hybridized carbons (Fsp3) is 0. The van der Waals surface area contributed by atoms with Crippen molar-refractivity contribution in [2.24, 2.45) is 0 Å². The van der Waals surface area contributed by atoms with E-state index in [4.69, 9.17) is 11.6 Å². The average Bonchev–Trinajstić information content (AvgIpc) is 2.51. The van der Waals surface area contributed by atoms with Crippen LogP contribution in [-0.4, -0.2) is 11.4 Å². The third-order valence-corrected chi connectivity index (χ3v) is 3.25. The smallest absolute Gasteiger partial charge is 0.150 e. The van der Waals surface area contributed by atoms with Gasteiger partial charge in [-0.05, 0) is 12.1 Å². The third-order valence-electron chi connectivity index (χ3n) is 1.82. The molecule has 0 spiro atoms. The van der Waals surface area contributed by atoms with E-state index in [0.717, 1.165) is 6.29 Å². The number of carbonyl (C=O) groups is 1. The van der Waals surface area contributed by atoms with Gasteiger partial charge in [0.25, 0.3) is 0 Å². The largest absolute Gasteiger partial charge is 0.506 e. The Morgan fingerprint density at radius 3 is 2.92 bits per heavy atom. The molecule has 0 aliphatic rings. The molecule has 0 unspecified atom stereocenters. The maximum absolute atomic E-state index is 10.6. The van der Waals surface area contributed by atoms with E-state index in [0.29, 0.717) is 20.7 Å². The minimum absolute atomic E-state index is 0.164. The summed E-state index contributed by atoms with van der Waals surface area (Å²) < 4.78 is 0.662. The van der Waals surface area contributed by atoms with Crippen molar-refractivity contribution in [1.82, 2.24) is 0 Å². The van der Waals surface area contributed by atoms with E-state index in [1.54, 1.807) is 11.4 Å². The van der Waals surface area contributed by atoms with Crippen LogP contribution in [0, 0.1) is 0 Å². The number of fused-ring (bicyclic) bond motifs is 1. The first kappa shape index (κ1) is 8.53. The molecule has 0 amide bonds. The van der Waals surface area contributed by atoms with Gasteiger partial charge in [-0.2, -0.15) is 0 Å². The summed E-state index contributed by atoms with van der Waals surface area (Å²) in [5.74, 6) is 0.164. The van der Waals surface area contributed by atoms with E-state index < -0.39 is 0 Å². The summed E-state index contributed by atoms with van der Waals surface area (Å²) in [7, 11) is 0. The molecule has 1 aromatic heterocycles. The van der Waals surface area contributed by atoms with Crippen LogP contribution in [0.3, 0.4) is 0 Å². The summed E-state index contributed by atoms with van der Waals surface area (Å²) in [6.07, 6.45) is 0.736. The monoisotopic (exact) mass is 212 g/mol. The molecule has 0 atom stereocenters. The van der Waals surface area contributed by atoms with Crippen molar-refractivity contribution < 1.29 is 9.90 Å². The number of aldehydes is 1. The van der Waals surface area contributed by atoms with Crippen molar-refractivity contribution in [3.63, 3.8) is 0 Å². The molecule has 0 aliphatic heterocycles. The van der Waals surface area contributed by atoms with Crippen LogP contribution >= 0.6 is 22.9 Å². The van der Waals surface area contributed by atoms with E-state index in [1.807, 2.05) is 0 Å². The van der Waals surface area contributed by atoms with Crippen LogP contribution in [-0.2, 0) is 0 Å². The Balaban J connectivity index is 2.96.